The monoisotopic (exact) mass is 248 g/mol. The standard InChI is InChI=1S/C10H16O7/c1-5-7(11)15-8(6-14-9(12)13)16-17-10(2,3)4/h5,8H,1,6H2,2-4H3,(H,12,13). The Morgan fingerprint density at radius 3 is 2.41 bits per heavy atom. The van der Waals surface area contributed by atoms with E-state index in [4.69, 9.17) is 14.9 Å². The van der Waals surface area contributed by atoms with Gasteiger partial charge in [0.15, 0.2) is 6.61 Å². The second-order valence-corrected chi connectivity index (χ2v) is 3.94. The van der Waals surface area contributed by atoms with Crippen LogP contribution in [-0.2, 0) is 24.0 Å². The molecule has 98 valence electrons. The van der Waals surface area contributed by atoms with Gasteiger partial charge in [0, 0.05) is 6.08 Å². The summed E-state index contributed by atoms with van der Waals surface area (Å²) in [4.78, 5) is 30.7. The third-order valence-corrected chi connectivity index (χ3v) is 1.16. The van der Waals surface area contributed by atoms with Gasteiger partial charge in [-0.05, 0) is 20.8 Å². The first kappa shape index (κ1) is 15.4. The van der Waals surface area contributed by atoms with Gasteiger partial charge in [-0.15, -0.1) is 0 Å². The third-order valence-electron chi connectivity index (χ3n) is 1.16. The number of ether oxygens (including phenoxy) is 2. The number of carbonyl (C=O) groups is 2. The predicted octanol–water partition coefficient (Wildman–Crippen LogP) is 1.48. The van der Waals surface area contributed by atoms with E-state index in [1.165, 1.54) is 0 Å². The summed E-state index contributed by atoms with van der Waals surface area (Å²) >= 11 is 0. The number of hydrogen-bond acceptors (Lipinski definition) is 6. The number of carbonyl (C=O) groups excluding carboxylic acids is 1. The summed E-state index contributed by atoms with van der Waals surface area (Å²) in [5.41, 5.74) is -0.637. The van der Waals surface area contributed by atoms with Gasteiger partial charge in [-0.25, -0.2) is 14.5 Å². The van der Waals surface area contributed by atoms with E-state index in [-0.39, 0.29) is 0 Å². The highest BCUT2D eigenvalue weighted by atomic mass is 17.2. The summed E-state index contributed by atoms with van der Waals surface area (Å²) in [6, 6.07) is 0. The Kier molecular flexibility index (Phi) is 6.22. The molecule has 0 fully saturated rings. The number of carboxylic acid groups (broad SMARTS) is 1. The molecule has 0 rings (SSSR count). The van der Waals surface area contributed by atoms with E-state index in [1.54, 1.807) is 20.8 Å². The molecule has 0 spiro atoms. The zero-order valence-electron chi connectivity index (χ0n) is 9.97. The molecule has 1 N–H and O–H groups in total. The largest absolute Gasteiger partial charge is 0.505 e. The molecule has 0 aliphatic rings. The Balaban J connectivity index is 4.24. The maximum Gasteiger partial charge on any atom is 0.505 e. The van der Waals surface area contributed by atoms with Gasteiger partial charge in [0.1, 0.15) is 0 Å². The number of hydrogen-bond donors (Lipinski definition) is 1. The lowest BCUT2D eigenvalue weighted by Gasteiger charge is -2.22. The first-order chi connectivity index (χ1) is 7.74. The second-order valence-electron chi connectivity index (χ2n) is 3.94. The van der Waals surface area contributed by atoms with Crippen molar-refractivity contribution in [1.82, 2.24) is 0 Å². The molecule has 17 heavy (non-hydrogen) atoms. The first-order valence-electron chi connectivity index (χ1n) is 4.78. The van der Waals surface area contributed by atoms with Crippen LogP contribution in [0.3, 0.4) is 0 Å². The summed E-state index contributed by atoms with van der Waals surface area (Å²) in [5.74, 6) is -0.776. The van der Waals surface area contributed by atoms with E-state index in [2.05, 4.69) is 16.1 Å². The summed E-state index contributed by atoms with van der Waals surface area (Å²) in [6.07, 6.45) is -1.88. The van der Waals surface area contributed by atoms with Crippen LogP contribution in [0.2, 0.25) is 0 Å². The fourth-order valence-corrected chi connectivity index (χ4v) is 0.596. The first-order valence-corrected chi connectivity index (χ1v) is 4.78. The molecule has 0 bridgehead atoms. The third kappa shape index (κ3) is 9.34. The minimum absolute atomic E-state index is 0.495. The Morgan fingerprint density at radius 2 is 2.00 bits per heavy atom. The Labute approximate surface area is 98.8 Å². The lowest BCUT2D eigenvalue weighted by molar-refractivity contribution is -0.412. The zero-order chi connectivity index (χ0) is 13.5. The Bertz CT molecular complexity index is 279. The Morgan fingerprint density at radius 1 is 1.41 bits per heavy atom. The molecule has 0 amide bonds. The highest BCUT2D eigenvalue weighted by molar-refractivity contribution is 5.81. The number of rotatable bonds is 6. The van der Waals surface area contributed by atoms with Gasteiger partial charge in [0.2, 0.25) is 0 Å². The van der Waals surface area contributed by atoms with Crippen LogP contribution >= 0.6 is 0 Å². The van der Waals surface area contributed by atoms with Crippen molar-refractivity contribution in [1.29, 1.82) is 0 Å². The van der Waals surface area contributed by atoms with Crippen molar-refractivity contribution in [2.24, 2.45) is 0 Å². The van der Waals surface area contributed by atoms with E-state index in [9.17, 15) is 9.59 Å². The van der Waals surface area contributed by atoms with Gasteiger partial charge in [-0.2, -0.15) is 4.89 Å². The van der Waals surface area contributed by atoms with Crippen molar-refractivity contribution in [2.75, 3.05) is 6.61 Å². The van der Waals surface area contributed by atoms with Crippen LogP contribution in [0.15, 0.2) is 12.7 Å². The normalized spacial score (nSPS) is 12.6. The average Bonchev–Trinajstić information content (AvgIpc) is 2.20. The molecule has 0 aliphatic heterocycles. The minimum atomic E-state index is -1.51. The summed E-state index contributed by atoms with van der Waals surface area (Å²) in [5, 5.41) is 8.30. The van der Waals surface area contributed by atoms with Gasteiger partial charge < -0.3 is 14.6 Å². The van der Waals surface area contributed by atoms with Crippen LogP contribution < -0.4 is 0 Å². The van der Waals surface area contributed by atoms with Crippen LogP contribution in [0.1, 0.15) is 20.8 Å². The van der Waals surface area contributed by atoms with Gasteiger partial charge in [0.05, 0.1) is 5.60 Å². The van der Waals surface area contributed by atoms with E-state index in [0.29, 0.717) is 0 Å². The van der Waals surface area contributed by atoms with Crippen molar-refractivity contribution in [2.45, 2.75) is 32.7 Å². The minimum Gasteiger partial charge on any atom is -0.450 e. The van der Waals surface area contributed by atoms with E-state index in [1.807, 2.05) is 0 Å². The van der Waals surface area contributed by atoms with Crippen LogP contribution in [0, 0.1) is 0 Å². The fraction of sp³-hybridized carbons (Fsp3) is 0.600. The lowest BCUT2D eigenvalue weighted by atomic mass is 10.2. The molecule has 0 aromatic carbocycles. The van der Waals surface area contributed by atoms with Gasteiger partial charge >= 0.3 is 12.1 Å². The van der Waals surface area contributed by atoms with Crippen LogP contribution in [-0.4, -0.2) is 35.7 Å². The predicted molar refractivity (Wildman–Crippen MR) is 56.0 cm³/mol. The molecule has 0 aromatic rings. The summed E-state index contributed by atoms with van der Waals surface area (Å²) < 4.78 is 8.87. The average molecular weight is 248 g/mol. The molecular weight excluding hydrogens is 232 g/mol. The van der Waals surface area contributed by atoms with E-state index >= 15 is 0 Å². The van der Waals surface area contributed by atoms with Crippen molar-refractivity contribution in [3.05, 3.63) is 12.7 Å². The summed E-state index contributed by atoms with van der Waals surface area (Å²) in [6.45, 7) is 7.81. The molecule has 7 heteroatoms. The topological polar surface area (TPSA) is 91.3 Å². The van der Waals surface area contributed by atoms with Crippen LogP contribution in [0.5, 0.6) is 0 Å². The van der Waals surface area contributed by atoms with Gasteiger partial charge in [-0.1, -0.05) is 6.58 Å². The zero-order valence-corrected chi connectivity index (χ0v) is 9.97. The molecule has 0 aromatic heterocycles. The van der Waals surface area contributed by atoms with Crippen molar-refractivity contribution in [3.63, 3.8) is 0 Å². The highest BCUT2D eigenvalue weighted by Gasteiger charge is 2.21. The maximum atomic E-state index is 10.9. The molecule has 1 atom stereocenters. The molecule has 0 heterocycles. The van der Waals surface area contributed by atoms with Crippen molar-refractivity contribution >= 4 is 12.1 Å². The second kappa shape index (κ2) is 6.87. The molecule has 0 aliphatic carbocycles. The molecule has 0 saturated heterocycles. The highest BCUT2D eigenvalue weighted by Crippen LogP contribution is 2.10. The lowest BCUT2D eigenvalue weighted by Crippen LogP contribution is -2.31. The fourth-order valence-electron chi connectivity index (χ4n) is 0.596. The van der Waals surface area contributed by atoms with E-state index < -0.39 is 30.6 Å². The number of esters is 1. The van der Waals surface area contributed by atoms with Gasteiger partial charge in [-0.3, -0.25) is 0 Å². The smallest absolute Gasteiger partial charge is 0.450 e. The molecule has 1 unspecified atom stereocenters. The van der Waals surface area contributed by atoms with Crippen molar-refractivity contribution < 1.29 is 33.9 Å². The van der Waals surface area contributed by atoms with E-state index in [0.717, 1.165) is 6.08 Å². The molecular formula is C10H16O7. The SMILES string of the molecule is C=CC(=O)OC(COC(=O)O)OOC(C)(C)C. The molecule has 0 radical (unpaired) electrons. The quantitative estimate of drug-likeness (QED) is 0.250. The maximum absolute atomic E-state index is 10.9. The molecule has 7 nitrogen and oxygen atoms in total. The Hall–Kier alpha value is -1.60. The van der Waals surface area contributed by atoms with Crippen LogP contribution in [0.4, 0.5) is 4.79 Å². The van der Waals surface area contributed by atoms with Crippen molar-refractivity contribution in [3.8, 4) is 0 Å². The van der Waals surface area contributed by atoms with Crippen LogP contribution in [0.25, 0.3) is 0 Å². The molecule has 0 saturated carbocycles. The summed E-state index contributed by atoms with van der Waals surface area (Å²) in [7, 11) is 0. The van der Waals surface area contributed by atoms with Gasteiger partial charge in [0.25, 0.3) is 6.29 Å².